The summed E-state index contributed by atoms with van der Waals surface area (Å²) in [5.74, 6) is -0.671. The third kappa shape index (κ3) is 3.26. The largest absolute Gasteiger partial charge is 0.375 e. The molecule has 0 aromatic heterocycles. The molecule has 1 amide bonds. The molecule has 1 aliphatic heterocycles. The standard InChI is InChI=1S/C20H20BrNO3/c1-2-3-11-22-17-10-5-4-9-16(17)20(25,19(22)24)13-18(23)14-7-6-8-15(21)12-14/h4-10,12,25H,2-3,11,13H2,1H3/t20-/m0/s1. The topological polar surface area (TPSA) is 57.6 Å². The van der Waals surface area contributed by atoms with E-state index in [1.807, 2.05) is 18.2 Å². The van der Waals surface area contributed by atoms with E-state index in [0.29, 0.717) is 23.4 Å². The summed E-state index contributed by atoms with van der Waals surface area (Å²) in [7, 11) is 0. The molecule has 0 unspecified atom stereocenters. The number of para-hydroxylation sites is 1. The predicted octanol–water partition coefficient (Wildman–Crippen LogP) is 4.06. The molecule has 3 rings (SSSR count). The van der Waals surface area contributed by atoms with Crippen molar-refractivity contribution < 1.29 is 14.7 Å². The van der Waals surface area contributed by atoms with Gasteiger partial charge >= 0.3 is 0 Å². The van der Waals surface area contributed by atoms with Crippen molar-refractivity contribution in [1.29, 1.82) is 0 Å². The molecule has 1 aliphatic rings. The number of carbonyl (C=O) groups excluding carboxylic acids is 2. The number of rotatable bonds is 6. The normalized spacial score (nSPS) is 19.2. The SMILES string of the molecule is CCCCN1C(=O)[C@](O)(CC(=O)c2cccc(Br)c2)c2ccccc21. The van der Waals surface area contributed by atoms with Crippen LogP contribution in [0.25, 0.3) is 0 Å². The number of carbonyl (C=O) groups is 2. The van der Waals surface area contributed by atoms with Crippen molar-refractivity contribution in [3.05, 3.63) is 64.1 Å². The first-order valence-electron chi connectivity index (χ1n) is 8.40. The quantitative estimate of drug-likeness (QED) is 0.742. The molecule has 2 aromatic carbocycles. The lowest BCUT2D eigenvalue weighted by molar-refractivity contribution is -0.135. The average Bonchev–Trinajstić information content (AvgIpc) is 2.81. The highest BCUT2D eigenvalue weighted by Gasteiger charge is 2.50. The number of unbranched alkanes of at least 4 members (excludes halogenated alkanes) is 1. The van der Waals surface area contributed by atoms with Gasteiger partial charge in [-0.05, 0) is 24.6 Å². The van der Waals surface area contributed by atoms with E-state index >= 15 is 0 Å². The Labute approximate surface area is 155 Å². The number of anilines is 1. The zero-order valence-corrected chi connectivity index (χ0v) is 15.6. The van der Waals surface area contributed by atoms with E-state index in [4.69, 9.17) is 0 Å². The number of fused-ring (bicyclic) bond motifs is 1. The Morgan fingerprint density at radius 2 is 1.96 bits per heavy atom. The third-order valence-corrected chi connectivity index (χ3v) is 5.03. The number of hydrogen-bond donors (Lipinski definition) is 1. The van der Waals surface area contributed by atoms with E-state index in [0.717, 1.165) is 17.3 Å². The average molecular weight is 402 g/mol. The summed E-state index contributed by atoms with van der Waals surface area (Å²) < 4.78 is 0.785. The molecular formula is C20H20BrNO3. The Morgan fingerprint density at radius 1 is 1.20 bits per heavy atom. The van der Waals surface area contributed by atoms with Gasteiger partial charge in [-0.2, -0.15) is 0 Å². The van der Waals surface area contributed by atoms with Crippen LogP contribution >= 0.6 is 15.9 Å². The number of ketones is 1. The van der Waals surface area contributed by atoms with Gasteiger partial charge in [0.1, 0.15) is 0 Å². The number of aliphatic hydroxyl groups is 1. The Balaban J connectivity index is 1.94. The first-order valence-corrected chi connectivity index (χ1v) is 9.19. The summed E-state index contributed by atoms with van der Waals surface area (Å²) in [6.07, 6.45) is 1.53. The summed E-state index contributed by atoms with van der Waals surface area (Å²) >= 11 is 3.34. The second kappa shape index (κ2) is 7.10. The van der Waals surface area contributed by atoms with Gasteiger partial charge in [0, 0.05) is 22.1 Å². The minimum atomic E-state index is -1.80. The Kier molecular flexibility index (Phi) is 5.06. The molecule has 4 nitrogen and oxygen atoms in total. The molecule has 130 valence electrons. The second-order valence-corrected chi connectivity index (χ2v) is 7.21. The molecule has 1 N–H and O–H groups in total. The predicted molar refractivity (Wildman–Crippen MR) is 101 cm³/mol. The van der Waals surface area contributed by atoms with Crippen LogP contribution in [0.15, 0.2) is 53.0 Å². The van der Waals surface area contributed by atoms with Gasteiger partial charge in [0.15, 0.2) is 11.4 Å². The highest BCUT2D eigenvalue weighted by atomic mass is 79.9. The van der Waals surface area contributed by atoms with E-state index in [9.17, 15) is 14.7 Å². The van der Waals surface area contributed by atoms with Crippen LogP contribution in [0.2, 0.25) is 0 Å². The summed E-state index contributed by atoms with van der Waals surface area (Å²) in [4.78, 5) is 27.2. The van der Waals surface area contributed by atoms with Crippen LogP contribution in [0.3, 0.4) is 0 Å². The van der Waals surface area contributed by atoms with Crippen LogP contribution in [0.5, 0.6) is 0 Å². The number of amides is 1. The molecule has 0 radical (unpaired) electrons. The van der Waals surface area contributed by atoms with Gasteiger partial charge < -0.3 is 10.0 Å². The molecule has 2 aromatic rings. The van der Waals surface area contributed by atoms with Crippen LogP contribution in [-0.4, -0.2) is 23.3 Å². The number of Topliss-reactive ketones (excluding diaryl/α,β-unsaturated/α-hetero) is 1. The van der Waals surface area contributed by atoms with Gasteiger partial charge in [0.25, 0.3) is 5.91 Å². The van der Waals surface area contributed by atoms with Crippen molar-refractivity contribution in [1.82, 2.24) is 0 Å². The fraction of sp³-hybridized carbons (Fsp3) is 0.300. The lowest BCUT2D eigenvalue weighted by Gasteiger charge is -2.22. The second-order valence-electron chi connectivity index (χ2n) is 6.30. The first-order chi connectivity index (χ1) is 12.0. The molecule has 25 heavy (non-hydrogen) atoms. The highest BCUT2D eigenvalue weighted by Crippen LogP contribution is 2.43. The maximum atomic E-state index is 12.9. The van der Waals surface area contributed by atoms with Gasteiger partial charge in [-0.3, -0.25) is 9.59 Å². The summed E-state index contributed by atoms with van der Waals surface area (Å²) in [6.45, 7) is 2.59. The number of benzene rings is 2. The Hall–Kier alpha value is -1.98. The zero-order chi connectivity index (χ0) is 18.0. The maximum absolute atomic E-state index is 12.9. The molecule has 0 saturated carbocycles. The fourth-order valence-corrected chi connectivity index (χ4v) is 3.61. The molecule has 1 atom stereocenters. The Morgan fingerprint density at radius 3 is 2.68 bits per heavy atom. The van der Waals surface area contributed by atoms with Gasteiger partial charge in [-0.25, -0.2) is 0 Å². The van der Waals surface area contributed by atoms with Crippen LogP contribution in [-0.2, 0) is 10.4 Å². The molecule has 5 heteroatoms. The van der Waals surface area contributed by atoms with Gasteiger partial charge in [-0.15, -0.1) is 0 Å². The highest BCUT2D eigenvalue weighted by molar-refractivity contribution is 9.10. The third-order valence-electron chi connectivity index (χ3n) is 4.54. The van der Waals surface area contributed by atoms with Crippen molar-refractivity contribution >= 4 is 33.3 Å². The monoisotopic (exact) mass is 401 g/mol. The Bertz CT molecular complexity index is 820. The lowest BCUT2D eigenvalue weighted by atomic mass is 9.88. The van der Waals surface area contributed by atoms with E-state index < -0.39 is 11.5 Å². The van der Waals surface area contributed by atoms with E-state index in [2.05, 4.69) is 22.9 Å². The van der Waals surface area contributed by atoms with E-state index in [1.54, 1.807) is 35.2 Å². The maximum Gasteiger partial charge on any atom is 0.264 e. The molecule has 0 spiro atoms. The summed E-state index contributed by atoms with van der Waals surface area (Å²) in [5.41, 5.74) is -0.117. The zero-order valence-electron chi connectivity index (χ0n) is 14.0. The van der Waals surface area contributed by atoms with Gasteiger partial charge in [0.2, 0.25) is 0 Å². The molecule has 1 heterocycles. The fourth-order valence-electron chi connectivity index (χ4n) is 3.21. The van der Waals surface area contributed by atoms with Gasteiger partial charge in [0.05, 0.1) is 12.1 Å². The molecule has 0 aliphatic carbocycles. The van der Waals surface area contributed by atoms with Crippen LogP contribution in [0.4, 0.5) is 5.69 Å². The number of nitrogens with zero attached hydrogens (tertiary/aromatic N) is 1. The lowest BCUT2D eigenvalue weighted by Crippen LogP contribution is -2.42. The van der Waals surface area contributed by atoms with E-state index in [1.165, 1.54) is 0 Å². The van der Waals surface area contributed by atoms with Crippen LogP contribution in [0, 0.1) is 0 Å². The van der Waals surface area contributed by atoms with Crippen LogP contribution < -0.4 is 4.90 Å². The van der Waals surface area contributed by atoms with E-state index in [-0.39, 0.29) is 12.2 Å². The minimum Gasteiger partial charge on any atom is -0.375 e. The van der Waals surface area contributed by atoms with Crippen molar-refractivity contribution in [2.75, 3.05) is 11.4 Å². The van der Waals surface area contributed by atoms with Crippen molar-refractivity contribution in [2.24, 2.45) is 0 Å². The van der Waals surface area contributed by atoms with Crippen LogP contribution in [0.1, 0.15) is 42.1 Å². The smallest absolute Gasteiger partial charge is 0.264 e. The summed E-state index contributed by atoms with van der Waals surface area (Å²) in [6, 6.07) is 14.2. The molecular weight excluding hydrogens is 382 g/mol. The summed E-state index contributed by atoms with van der Waals surface area (Å²) in [5, 5.41) is 11.2. The van der Waals surface area contributed by atoms with Gasteiger partial charge in [-0.1, -0.05) is 59.6 Å². The number of hydrogen-bond acceptors (Lipinski definition) is 3. The molecule has 0 fully saturated rings. The molecule has 0 saturated heterocycles. The van der Waals surface area contributed by atoms with Crippen molar-refractivity contribution in [3.8, 4) is 0 Å². The minimum absolute atomic E-state index is 0.260. The van der Waals surface area contributed by atoms with Crippen molar-refractivity contribution in [2.45, 2.75) is 31.8 Å². The first kappa shape index (κ1) is 17.8. The number of halogens is 1. The van der Waals surface area contributed by atoms with Crippen molar-refractivity contribution in [3.63, 3.8) is 0 Å². The molecule has 0 bridgehead atoms.